The fourth-order valence-electron chi connectivity index (χ4n) is 13.5. The molecule has 3 nitrogen and oxygen atoms in total. The van der Waals surface area contributed by atoms with Crippen LogP contribution in [0.2, 0.25) is 0 Å². The van der Waals surface area contributed by atoms with Gasteiger partial charge < -0.3 is 13.7 Å². The molecule has 0 aliphatic heterocycles. The smallest absolute Gasteiger partial charge is 0.144 e. The summed E-state index contributed by atoms with van der Waals surface area (Å²) >= 11 is 0. The van der Waals surface area contributed by atoms with Gasteiger partial charge in [-0.3, -0.25) is 0 Å². The molecule has 0 saturated heterocycles. The monoisotopic (exact) mass is 919 g/mol. The van der Waals surface area contributed by atoms with Crippen molar-refractivity contribution >= 4 is 60.9 Å². The Labute approximate surface area is 416 Å². The zero-order valence-corrected chi connectivity index (χ0v) is 42.4. The summed E-state index contributed by atoms with van der Waals surface area (Å²) < 4.78 is 13.9. The van der Waals surface area contributed by atoms with Crippen LogP contribution in [0.3, 0.4) is 0 Å². The van der Waals surface area contributed by atoms with Crippen LogP contribution >= 0.6 is 0 Å². The second-order valence-corrected chi connectivity index (χ2v) is 23.3. The van der Waals surface area contributed by atoms with Crippen LogP contribution in [0.5, 0.6) is 0 Å². The minimum Gasteiger partial charge on any atom is -0.455 e. The molecule has 0 amide bonds. The molecule has 0 fully saturated rings. The number of rotatable bonds is 4. The van der Waals surface area contributed by atoms with Crippen LogP contribution in [0, 0.1) is 6.92 Å². The van der Waals surface area contributed by atoms with Crippen LogP contribution < -0.4 is 4.90 Å². The van der Waals surface area contributed by atoms with Gasteiger partial charge in [0, 0.05) is 66.0 Å². The average molecular weight is 920 g/mol. The molecular formula is C68H57NO2. The molecule has 71 heavy (non-hydrogen) atoms. The number of aryl methyl sites for hydroxylation is 1. The van der Waals surface area contributed by atoms with Gasteiger partial charge in [-0.05, 0) is 145 Å². The van der Waals surface area contributed by atoms with Gasteiger partial charge >= 0.3 is 0 Å². The van der Waals surface area contributed by atoms with Gasteiger partial charge in [0.15, 0.2) is 0 Å². The van der Waals surface area contributed by atoms with Gasteiger partial charge in [-0.1, -0.05) is 172 Å². The van der Waals surface area contributed by atoms with Crippen molar-refractivity contribution < 1.29 is 8.83 Å². The second kappa shape index (κ2) is 14.0. The fourth-order valence-corrected chi connectivity index (χ4v) is 13.5. The molecule has 0 radical (unpaired) electrons. The number of fused-ring (bicyclic) bond motifs is 19. The lowest BCUT2D eigenvalue weighted by atomic mass is 9.72. The number of anilines is 3. The molecule has 0 bridgehead atoms. The van der Waals surface area contributed by atoms with E-state index in [4.69, 9.17) is 8.83 Å². The van der Waals surface area contributed by atoms with Gasteiger partial charge in [-0.15, -0.1) is 0 Å². The molecular weight excluding hydrogens is 863 g/mol. The predicted molar refractivity (Wildman–Crippen MR) is 297 cm³/mol. The molecule has 9 aromatic carbocycles. The molecule has 11 aromatic rings. The minimum absolute atomic E-state index is 0.0194. The van der Waals surface area contributed by atoms with Crippen LogP contribution in [-0.2, 0) is 21.7 Å². The fraction of sp³-hybridized carbons (Fsp3) is 0.206. The van der Waals surface area contributed by atoms with Gasteiger partial charge in [-0.25, -0.2) is 0 Å². The lowest BCUT2D eigenvalue weighted by Gasteiger charge is -2.32. The Balaban J connectivity index is 0.991. The van der Waals surface area contributed by atoms with Crippen molar-refractivity contribution in [2.75, 3.05) is 4.90 Å². The highest BCUT2D eigenvalue weighted by Gasteiger charge is 2.49. The Morgan fingerprint density at radius 3 is 1.54 bits per heavy atom. The van der Waals surface area contributed by atoms with Gasteiger partial charge in [0.2, 0.25) is 0 Å². The third-order valence-electron chi connectivity index (χ3n) is 17.1. The molecule has 2 aromatic heterocycles. The zero-order chi connectivity index (χ0) is 48.7. The minimum atomic E-state index is -0.339. The molecule has 3 heteroatoms. The number of para-hydroxylation sites is 2. The van der Waals surface area contributed by atoms with Crippen molar-refractivity contribution in [1.29, 1.82) is 0 Å². The summed E-state index contributed by atoms with van der Waals surface area (Å²) in [5, 5.41) is 4.76. The van der Waals surface area contributed by atoms with Gasteiger partial charge in [0.1, 0.15) is 22.3 Å². The van der Waals surface area contributed by atoms with E-state index in [2.05, 4.69) is 238 Å². The molecule has 0 unspecified atom stereocenters. The Morgan fingerprint density at radius 1 is 0.394 bits per heavy atom. The van der Waals surface area contributed by atoms with Crippen molar-refractivity contribution in [3.05, 3.63) is 208 Å². The standard InChI is InChI=1S/C68H57NO2/c1-38-19-11-12-20-43(38)49-37-53-56(58-47-22-14-17-25-54(47)70-63(49)58)45-33-31-41(35-51(45)66(53,5)6)69(40-29-27-39(28-30-40)65(2,3)4)42-32-34-46-52(36-42)68(9,10)62-60(46)64-59(48-23-15-18-26-55(48)71-64)57-44-21-13-16-24-50(44)67(7,8)61(57)62/h11-37H,1-10H3. The van der Waals surface area contributed by atoms with E-state index >= 15 is 0 Å². The molecule has 0 saturated carbocycles. The van der Waals surface area contributed by atoms with E-state index in [9.17, 15) is 0 Å². The predicted octanol–water partition coefficient (Wildman–Crippen LogP) is 19.1. The van der Waals surface area contributed by atoms with Crippen LogP contribution in [0.4, 0.5) is 17.1 Å². The summed E-state index contributed by atoms with van der Waals surface area (Å²) in [6.07, 6.45) is 0. The molecule has 0 atom stereocenters. The summed E-state index contributed by atoms with van der Waals surface area (Å²) in [5.41, 5.74) is 27.1. The first-order chi connectivity index (χ1) is 34.0. The first-order valence-corrected chi connectivity index (χ1v) is 25.4. The first kappa shape index (κ1) is 42.3. The van der Waals surface area contributed by atoms with Crippen molar-refractivity contribution in [2.24, 2.45) is 0 Å². The third kappa shape index (κ3) is 5.55. The van der Waals surface area contributed by atoms with Crippen LogP contribution in [0.25, 0.3) is 88.4 Å². The van der Waals surface area contributed by atoms with E-state index in [0.29, 0.717) is 0 Å². The quantitative estimate of drug-likeness (QED) is 0.176. The number of hydrogen-bond acceptors (Lipinski definition) is 3. The van der Waals surface area contributed by atoms with E-state index in [1.54, 1.807) is 0 Å². The summed E-state index contributed by atoms with van der Waals surface area (Å²) in [7, 11) is 0. The largest absolute Gasteiger partial charge is 0.455 e. The van der Waals surface area contributed by atoms with Gasteiger partial charge in [0.25, 0.3) is 0 Å². The number of hydrogen-bond donors (Lipinski definition) is 0. The molecule has 0 spiro atoms. The summed E-state index contributed by atoms with van der Waals surface area (Å²) in [5.74, 6) is 0. The zero-order valence-electron chi connectivity index (χ0n) is 42.4. The molecule has 3 aliphatic carbocycles. The highest BCUT2D eigenvalue weighted by atomic mass is 16.3. The Bertz CT molecular complexity index is 4120. The van der Waals surface area contributed by atoms with E-state index < -0.39 is 0 Å². The van der Waals surface area contributed by atoms with E-state index in [1.165, 1.54) is 99.6 Å². The maximum atomic E-state index is 7.06. The highest BCUT2D eigenvalue weighted by molar-refractivity contribution is 6.21. The van der Waals surface area contributed by atoms with Crippen molar-refractivity contribution in [3.63, 3.8) is 0 Å². The van der Waals surface area contributed by atoms with Crippen LogP contribution in [0.1, 0.15) is 107 Å². The normalized spacial score (nSPS) is 15.5. The van der Waals surface area contributed by atoms with Crippen LogP contribution in [-0.4, -0.2) is 0 Å². The lowest BCUT2D eigenvalue weighted by molar-refractivity contribution is 0.590. The SMILES string of the molecule is Cc1ccccc1-c1cc2c(c3c1oc1ccccc13)-c1ccc(N(c3ccc(C(C)(C)C)cc3)c3ccc4c(c3)C(C)(C)c3c5c(c6c(oc7ccccc76)c3-4)-c3ccccc3C5(C)C)cc1C2(C)C. The van der Waals surface area contributed by atoms with Gasteiger partial charge in [0.05, 0.1) is 0 Å². The highest BCUT2D eigenvalue weighted by Crippen LogP contribution is 2.64. The van der Waals surface area contributed by atoms with Crippen LogP contribution in [0.15, 0.2) is 173 Å². The van der Waals surface area contributed by atoms with Crippen molar-refractivity contribution in [1.82, 2.24) is 0 Å². The Morgan fingerprint density at radius 2 is 0.887 bits per heavy atom. The van der Waals surface area contributed by atoms with E-state index in [-0.39, 0.29) is 21.7 Å². The van der Waals surface area contributed by atoms with Crippen molar-refractivity contribution in [2.45, 2.75) is 90.9 Å². The molecule has 0 N–H and O–H groups in total. The number of benzene rings is 9. The van der Waals surface area contributed by atoms with Crippen molar-refractivity contribution in [3.8, 4) is 44.5 Å². The first-order valence-electron chi connectivity index (χ1n) is 25.4. The van der Waals surface area contributed by atoms with E-state index in [1.807, 2.05) is 0 Å². The number of nitrogens with zero attached hydrogens (tertiary/aromatic N) is 1. The molecule has 2 heterocycles. The average Bonchev–Trinajstić information content (AvgIpc) is 4.11. The molecule has 3 aliphatic rings. The summed E-state index contributed by atoms with van der Waals surface area (Å²) in [4.78, 5) is 2.49. The topological polar surface area (TPSA) is 29.5 Å². The molecule has 14 rings (SSSR count). The summed E-state index contributed by atoms with van der Waals surface area (Å²) in [6, 6.07) is 61.1. The third-order valence-corrected chi connectivity index (χ3v) is 17.1. The summed E-state index contributed by atoms with van der Waals surface area (Å²) in [6.45, 7) is 23.6. The maximum absolute atomic E-state index is 7.06. The second-order valence-electron chi connectivity index (χ2n) is 23.3. The molecule has 346 valence electrons. The van der Waals surface area contributed by atoms with E-state index in [0.717, 1.165) is 50.3 Å². The van der Waals surface area contributed by atoms with Gasteiger partial charge in [-0.2, -0.15) is 0 Å². The Hall–Kier alpha value is -7.62. The Kier molecular flexibility index (Phi) is 8.36. The maximum Gasteiger partial charge on any atom is 0.144 e. The lowest BCUT2D eigenvalue weighted by Crippen LogP contribution is -2.24. The number of furan rings is 2.